The van der Waals surface area contributed by atoms with E-state index in [1.165, 1.54) is 0 Å². The van der Waals surface area contributed by atoms with E-state index in [0.29, 0.717) is 24.3 Å². The quantitative estimate of drug-likeness (QED) is 0.182. The zero-order chi connectivity index (χ0) is 35.2. The average Bonchev–Trinajstić information content (AvgIpc) is 3.02. The van der Waals surface area contributed by atoms with Crippen LogP contribution in [0.2, 0.25) is 0 Å². The predicted octanol–water partition coefficient (Wildman–Crippen LogP) is 6.84. The van der Waals surface area contributed by atoms with Crippen LogP contribution < -0.4 is 20.5 Å². The number of hydrogen-bond donors (Lipinski definition) is 3. The number of aromatic nitrogens is 1. The maximum Gasteiger partial charge on any atom is 0.407 e. The standard InChI is InChI=1S/C38H52N4O6/c1-9-41(29-12-14-30(15-13-29)42(37(45)46)38(5,6)7)34-22-28(27-10-16-31(17-11-27)48-19-18-47-8)21-32(26(34)4)35(43)39-23-33-24(2)20-25(3)40-36(33)44/h10-11,16-17,20-22,29-30H,9,12-15,18-19,23H2,1-8H3,(H,39,43)(H,40,44)(H,45,46). The minimum Gasteiger partial charge on any atom is -0.491 e. The molecule has 0 unspecified atom stereocenters. The molecule has 1 saturated carbocycles. The topological polar surface area (TPSA) is 124 Å². The van der Waals surface area contributed by atoms with Crippen LogP contribution in [0.3, 0.4) is 0 Å². The summed E-state index contributed by atoms with van der Waals surface area (Å²) in [5, 5.41) is 13.0. The summed E-state index contributed by atoms with van der Waals surface area (Å²) >= 11 is 0. The first-order valence-electron chi connectivity index (χ1n) is 16.9. The third-order valence-corrected chi connectivity index (χ3v) is 9.34. The zero-order valence-corrected chi connectivity index (χ0v) is 29.7. The Kier molecular flexibility index (Phi) is 12.0. The molecule has 1 heterocycles. The molecular weight excluding hydrogens is 608 g/mol. The Morgan fingerprint density at radius 3 is 2.17 bits per heavy atom. The molecule has 2 amide bonds. The van der Waals surface area contributed by atoms with Crippen molar-refractivity contribution in [3.63, 3.8) is 0 Å². The number of aromatic amines is 1. The highest BCUT2D eigenvalue weighted by molar-refractivity contribution is 5.99. The molecule has 0 spiro atoms. The molecule has 1 aliphatic rings. The number of nitrogens with one attached hydrogen (secondary N) is 2. The van der Waals surface area contributed by atoms with E-state index in [-0.39, 0.29) is 30.1 Å². The number of benzene rings is 2. The van der Waals surface area contributed by atoms with Crippen LogP contribution in [0.15, 0.2) is 47.3 Å². The highest BCUT2D eigenvalue weighted by Crippen LogP contribution is 2.37. The molecule has 10 heteroatoms. The smallest absolute Gasteiger partial charge is 0.407 e. The summed E-state index contributed by atoms with van der Waals surface area (Å²) in [6.45, 7) is 15.4. The molecule has 3 aromatic rings. The largest absolute Gasteiger partial charge is 0.491 e. The summed E-state index contributed by atoms with van der Waals surface area (Å²) in [5.74, 6) is 0.480. The van der Waals surface area contributed by atoms with Crippen molar-refractivity contribution in [2.24, 2.45) is 0 Å². The lowest BCUT2D eigenvalue weighted by Crippen LogP contribution is -2.53. The lowest BCUT2D eigenvalue weighted by molar-refractivity contribution is 0.0545. The number of rotatable bonds is 12. The first-order chi connectivity index (χ1) is 22.7. The van der Waals surface area contributed by atoms with Crippen LogP contribution in [0.25, 0.3) is 11.1 Å². The van der Waals surface area contributed by atoms with Crippen LogP contribution in [0.1, 0.15) is 86.1 Å². The number of ether oxygens (including phenoxy) is 2. The average molecular weight is 661 g/mol. The van der Waals surface area contributed by atoms with Gasteiger partial charge < -0.3 is 34.7 Å². The number of nitrogens with zero attached hydrogens (tertiary/aromatic N) is 2. The molecule has 0 radical (unpaired) electrons. The Balaban J connectivity index is 1.68. The third kappa shape index (κ3) is 8.58. The molecule has 0 saturated heterocycles. The van der Waals surface area contributed by atoms with Crippen molar-refractivity contribution in [2.75, 3.05) is 31.8 Å². The van der Waals surface area contributed by atoms with Crippen LogP contribution in [-0.2, 0) is 11.3 Å². The molecule has 3 N–H and O–H groups in total. The minimum atomic E-state index is -0.879. The van der Waals surface area contributed by atoms with E-state index < -0.39 is 11.6 Å². The van der Waals surface area contributed by atoms with Crippen molar-refractivity contribution in [3.05, 3.63) is 80.8 Å². The normalized spacial score (nSPS) is 16.3. The highest BCUT2D eigenvalue weighted by atomic mass is 16.5. The van der Waals surface area contributed by atoms with E-state index in [1.807, 2.05) is 77.9 Å². The van der Waals surface area contributed by atoms with E-state index in [0.717, 1.165) is 71.6 Å². The Hall–Kier alpha value is -4.31. The number of H-pyrrole nitrogens is 1. The molecule has 0 aliphatic heterocycles. The fourth-order valence-corrected chi connectivity index (χ4v) is 7.00. The highest BCUT2D eigenvalue weighted by Gasteiger charge is 2.37. The van der Waals surface area contributed by atoms with Gasteiger partial charge in [-0.2, -0.15) is 0 Å². The molecule has 10 nitrogen and oxygen atoms in total. The summed E-state index contributed by atoms with van der Waals surface area (Å²) in [6.07, 6.45) is 2.34. The summed E-state index contributed by atoms with van der Waals surface area (Å²) < 4.78 is 10.9. The number of carbonyl (C=O) groups is 2. The van der Waals surface area contributed by atoms with Gasteiger partial charge in [-0.15, -0.1) is 0 Å². The number of anilines is 1. The Morgan fingerprint density at radius 1 is 0.958 bits per heavy atom. The van der Waals surface area contributed by atoms with E-state index >= 15 is 0 Å². The molecule has 48 heavy (non-hydrogen) atoms. The van der Waals surface area contributed by atoms with Crippen molar-refractivity contribution in [3.8, 4) is 16.9 Å². The Bertz CT molecular complexity index is 1630. The van der Waals surface area contributed by atoms with Gasteiger partial charge in [0.05, 0.1) is 6.61 Å². The molecule has 1 fully saturated rings. The van der Waals surface area contributed by atoms with Crippen molar-refractivity contribution >= 4 is 17.7 Å². The Morgan fingerprint density at radius 2 is 1.60 bits per heavy atom. The van der Waals surface area contributed by atoms with Gasteiger partial charge in [0.2, 0.25) is 0 Å². The summed E-state index contributed by atoms with van der Waals surface area (Å²) in [6, 6.07) is 13.9. The molecule has 4 rings (SSSR count). The van der Waals surface area contributed by atoms with E-state index in [1.54, 1.807) is 12.0 Å². The second-order valence-electron chi connectivity index (χ2n) is 13.7. The molecule has 1 aliphatic carbocycles. The van der Waals surface area contributed by atoms with Gasteiger partial charge in [0.1, 0.15) is 12.4 Å². The van der Waals surface area contributed by atoms with E-state index in [4.69, 9.17) is 9.47 Å². The van der Waals surface area contributed by atoms with Crippen LogP contribution in [0.5, 0.6) is 5.75 Å². The van der Waals surface area contributed by atoms with Crippen LogP contribution >= 0.6 is 0 Å². The minimum absolute atomic E-state index is 0.0378. The number of methoxy groups -OCH3 is 1. The maximum atomic E-state index is 13.9. The van der Waals surface area contributed by atoms with E-state index in [2.05, 4.69) is 28.2 Å². The fraction of sp³-hybridized carbons (Fsp3) is 0.500. The van der Waals surface area contributed by atoms with Crippen molar-refractivity contribution in [1.82, 2.24) is 15.2 Å². The number of aryl methyl sites for hydroxylation is 2. The molecule has 0 atom stereocenters. The number of carbonyl (C=O) groups excluding carboxylic acids is 1. The molecule has 1 aromatic heterocycles. The number of hydrogen-bond acceptors (Lipinski definition) is 6. The van der Waals surface area contributed by atoms with Gasteiger partial charge in [0, 0.05) is 60.3 Å². The van der Waals surface area contributed by atoms with Gasteiger partial charge in [0.15, 0.2) is 0 Å². The Labute approximate surface area is 284 Å². The fourth-order valence-electron chi connectivity index (χ4n) is 7.00. The zero-order valence-electron chi connectivity index (χ0n) is 29.7. The van der Waals surface area contributed by atoms with Crippen molar-refractivity contribution in [1.29, 1.82) is 0 Å². The van der Waals surface area contributed by atoms with Gasteiger partial charge >= 0.3 is 6.09 Å². The number of carboxylic acid groups (broad SMARTS) is 1. The second-order valence-corrected chi connectivity index (χ2v) is 13.7. The first kappa shape index (κ1) is 36.5. The lowest BCUT2D eigenvalue weighted by Gasteiger charge is -2.45. The summed E-state index contributed by atoms with van der Waals surface area (Å²) in [7, 11) is 1.64. The maximum absolute atomic E-state index is 13.9. The first-order valence-corrected chi connectivity index (χ1v) is 16.9. The summed E-state index contributed by atoms with van der Waals surface area (Å²) in [4.78, 5) is 45.6. The van der Waals surface area contributed by atoms with Crippen LogP contribution in [0.4, 0.5) is 10.5 Å². The lowest BCUT2D eigenvalue weighted by atomic mass is 9.86. The van der Waals surface area contributed by atoms with E-state index in [9.17, 15) is 19.5 Å². The van der Waals surface area contributed by atoms with Gasteiger partial charge in [-0.05, 0) is 127 Å². The number of pyridine rings is 1. The molecule has 2 aromatic carbocycles. The van der Waals surface area contributed by atoms with Gasteiger partial charge in [-0.25, -0.2) is 4.79 Å². The second kappa shape index (κ2) is 15.7. The summed E-state index contributed by atoms with van der Waals surface area (Å²) in [5.41, 5.74) is 5.67. The third-order valence-electron chi connectivity index (χ3n) is 9.34. The SMILES string of the molecule is CCN(c1cc(-c2ccc(OCCOC)cc2)cc(C(=O)NCc2c(C)cc(C)[nH]c2=O)c1C)C1CCC(N(C(=O)O)C(C)(C)C)CC1. The molecule has 260 valence electrons. The number of amides is 2. The van der Waals surface area contributed by atoms with Crippen LogP contribution in [-0.4, -0.2) is 71.5 Å². The van der Waals surface area contributed by atoms with Crippen molar-refractivity contribution in [2.45, 2.75) is 98.3 Å². The molecule has 0 bridgehead atoms. The monoisotopic (exact) mass is 660 g/mol. The van der Waals surface area contributed by atoms with Gasteiger partial charge in [-0.1, -0.05) is 12.1 Å². The van der Waals surface area contributed by atoms with Gasteiger partial charge in [0.25, 0.3) is 11.5 Å². The van der Waals surface area contributed by atoms with Crippen molar-refractivity contribution < 1.29 is 24.2 Å². The predicted molar refractivity (Wildman–Crippen MR) is 190 cm³/mol. The van der Waals surface area contributed by atoms with Crippen LogP contribution in [0, 0.1) is 20.8 Å². The molecular formula is C38H52N4O6. The van der Waals surface area contributed by atoms with Gasteiger partial charge in [-0.3, -0.25) is 9.59 Å².